The van der Waals surface area contributed by atoms with Crippen molar-refractivity contribution in [1.29, 1.82) is 0 Å². The number of benzene rings is 1. The molecule has 2 heterocycles. The number of amides is 1. The first kappa shape index (κ1) is 13.2. The summed E-state index contributed by atoms with van der Waals surface area (Å²) in [5.74, 6) is 1.67. The monoisotopic (exact) mass is 276 g/mol. The average molecular weight is 276 g/mol. The summed E-state index contributed by atoms with van der Waals surface area (Å²) in [6.45, 7) is 2.48. The molecule has 0 spiro atoms. The highest BCUT2D eigenvalue weighted by atomic mass is 16.5. The van der Waals surface area contributed by atoms with Crippen molar-refractivity contribution in [3.05, 3.63) is 23.3 Å². The van der Waals surface area contributed by atoms with Crippen LogP contribution in [0.15, 0.2) is 12.1 Å². The highest BCUT2D eigenvalue weighted by Crippen LogP contribution is 2.38. The molecule has 2 aliphatic heterocycles. The van der Waals surface area contributed by atoms with Crippen molar-refractivity contribution in [2.24, 2.45) is 0 Å². The van der Waals surface area contributed by atoms with Crippen molar-refractivity contribution >= 4 is 5.91 Å². The van der Waals surface area contributed by atoms with Crippen LogP contribution in [0.25, 0.3) is 0 Å². The second-order valence-electron chi connectivity index (χ2n) is 5.26. The standard InChI is InChI=1S/C15H20N2O3/c1-19-13-7-10-3-5-17-6-4-15(18)16-9-12(17)11(10)8-14(13)20-2/h7-8,12H,3-6,9H2,1-2H3,(H,16,18)/t12-/m0/s1. The zero-order valence-electron chi connectivity index (χ0n) is 11.9. The first-order valence-electron chi connectivity index (χ1n) is 6.98. The van der Waals surface area contributed by atoms with Crippen molar-refractivity contribution in [1.82, 2.24) is 10.2 Å². The Labute approximate surface area is 118 Å². The predicted octanol–water partition coefficient (Wildman–Crippen LogP) is 1.12. The molecule has 0 radical (unpaired) electrons. The molecule has 20 heavy (non-hydrogen) atoms. The Morgan fingerprint density at radius 3 is 2.60 bits per heavy atom. The predicted molar refractivity (Wildman–Crippen MR) is 75.2 cm³/mol. The number of rotatable bonds is 2. The van der Waals surface area contributed by atoms with E-state index in [-0.39, 0.29) is 11.9 Å². The van der Waals surface area contributed by atoms with Crippen LogP contribution in [0.1, 0.15) is 23.6 Å². The fourth-order valence-corrected chi connectivity index (χ4v) is 3.13. The van der Waals surface area contributed by atoms with Crippen LogP contribution >= 0.6 is 0 Å². The normalized spacial score (nSPS) is 22.3. The highest BCUT2D eigenvalue weighted by molar-refractivity contribution is 5.76. The zero-order valence-corrected chi connectivity index (χ0v) is 11.9. The molecule has 5 nitrogen and oxygen atoms in total. The molecule has 1 aromatic rings. The lowest BCUT2D eigenvalue weighted by Crippen LogP contribution is -2.38. The van der Waals surface area contributed by atoms with Gasteiger partial charge < -0.3 is 14.8 Å². The summed E-state index contributed by atoms with van der Waals surface area (Å²) in [6.07, 6.45) is 1.57. The van der Waals surface area contributed by atoms with Gasteiger partial charge in [-0.1, -0.05) is 0 Å². The Hall–Kier alpha value is -1.75. The highest BCUT2D eigenvalue weighted by Gasteiger charge is 2.31. The molecule has 1 aromatic carbocycles. The van der Waals surface area contributed by atoms with Gasteiger partial charge in [0.25, 0.3) is 0 Å². The van der Waals surface area contributed by atoms with Crippen LogP contribution in [0.3, 0.4) is 0 Å². The third-order valence-electron chi connectivity index (χ3n) is 4.23. The number of fused-ring (bicyclic) bond motifs is 3. The lowest BCUT2D eigenvalue weighted by atomic mass is 9.92. The van der Waals surface area contributed by atoms with Gasteiger partial charge in [0.1, 0.15) is 0 Å². The summed E-state index contributed by atoms with van der Waals surface area (Å²) in [5, 5.41) is 3.00. The van der Waals surface area contributed by atoms with Gasteiger partial charge in [0, 0.05) is 26.1 Å². The molecule has 108 valence electrons. The second-order valence-corrected chi connectivity index (χ2v) is 5.26. The molecule has 3 rings (SSSR count). The molecule has 0 aliphatic carbocycles. The molecular weight excluding hydrogens is 256 g/mol. The van der Waals surface area contributed by atoms with Crippen molar-refractivity contribution in [3.63, 3.8) is 0 Å². The van der Waals surface area contributed by atoms with E-state index in [1.807, 2.05) is 0 Å². The van der Waals surface area contributed by atoms with Crippen molar-refractivity contribution in [3.8, 4) is 11.5 Å². The lowest BCUT2D eigenvalue weighted by molar-refractivity contribution is -0.120. The second kappa shape index (κ2) is 5.32. The van der Waals surface area contributed by atoms with Crippen LogP contribution < -0.4 is 14.8 Å². The molecule has 1 atom stereocenters. The minimum atomic E-state index is 0.140. The van der Waals surface area contributed by atoms with E-state index in [2.05, 4.69) is 22.3 Å². The summed E-state index contributed by atoms with van der Waals surface area (Å²) in [4.78, 5) is 14.0. The van der Waals surface area contributed by atoms with Gasteiger partial charge in [0.05, 0.1) is 20.3 Å². The van der Waals surface area contributed by atoms with E-state index in [1.54, 1.807) is 14.2 Å². The van der Waals surface area contributed by atoms with Crippen molar-refractivity contribution in [2.75, 3.05) is 33.9 Å². The molecule has 0 saturated carbocycles. The van der Waals surface area contributed by atoms with Gasteiger partial charge in [-0.3, -0.25) is 9.69 Å². The maximum absolute atomic E-state index is 11.6. The maximum Gasteiger partial charge on any atom is 0.221 e. The van der Waals surface area contributed by atoms with Crippen LogP contribution in [-0.4, -0.2) is 44.7 Å². The number of carbonyl (C=O) groups is 1. The molecule has 0 bridgehead atoms. The number of nitrogens with one attached hydrogen (secondary N) is 1. The Balaban J connectivity index is 2.00. The number of methoxy groups -OCH3 is 2. The molecule has 1 fully saturated rings. The molecular formula is C15H20N2O3. The Morgan fingerprint density at radius 2 is 1.85 bits per heavy atom. The third kappa shape index (κ3) is 2.22. The van der Waals surface area contributed by atoms with E-state index in [4.69, 9.17) is 9.47 Å². The first-order chi connectivity index (χ1) is 9.72. The molecule has 1 saturated heterocycles. The topological polar surface area (TPSA) is 50.8 Å². The van der Waals surface area contributed by atoms with Gasteiger partial charge in [-0.15, -0.1) is 0 Å². The van der Waals surface area contributed by atoms with Gasteiger partial charge in [0.15, 0.2) is 11.5 Å². The molecule has 1 N–H and O–H groups in total. The Kier molecular flexibility index (Phi) is 3.53. The minimum Gasteiger partial charge on any atom is -0.493 e. The fraction of sp³-hybridized carbons (Fsp3) is 0.533. The Morgan fingerprint density at radius 1 is 1.15 bits per heavy atom. The number of ether oxygens (including phenoxy) is 2. The summed E-state index contributed by atoms with van der Waals surface area (Å²) >= 11 is 0. The van der Waals surface area contributed by atoms with Crippen LogP contribution in [0.4, 0.5) is 0 Å². The van der Waals surface area contributed by atoms with Gasteiger partial charge in [-0.2, -0.15) is 0 Å². The van der Waals surface area contributed by atoms with Crippen LogP contribution in [0.5, 0.6) is 11.5 Å². The average Bonchev–Trinajstić information content (AvgIpc) is 2.67. The minimum absolute atomic E-state index is 0.140. The van der Waals surface area contributed by atoms with E-state index in [0.717, 1.165) is 31.0 Å². The van der Waals surface area contributed by atoms with Crippen molar-refractivity contribution < 1.29 is 14.3 Å². The largest absolute Gasteiger partial charge is 0.493 e. The van der Waals surface area contributed by atoms with Crippen LogP contribution in [0, 0.1) is 0 Å². The number of hydrogen-bond acceptors (Lipinski definition) is 4. The van der Waals surface area contributed by atoms with E-state index >= 15 is 0 Å². The van der Waals surface area contributed by atoms with Gasteiger partial charge in [0.2, 0.25) is 5.91 Å². The third-order valence-corrected chi connectivity index (χ3v) is 4.23. The van der Waals surface area contributed by atoms with E-state index in [1.165, 1.54) is 11.1 Å². The molecule has 0 unspecified atom stereocenters. The quantitative estimate of drug-likeness (QED) is 0.879. The summed E-state index contributed by atoms with van der Waals surface area (Å²) in [6, 6.07) is 4.37. The lowest BCUT2D eigenvalue weighted by Gasteiger charge is -2.36. The SMILES string of the molecule is COc1cc2c(cc1OC)[C@@H]1CNC(=O)CCN1CC2. The summed E-state index contributed by atoms with van der Waals surface area (Å²) in [5.41, 5.74) is 2.54. The van der Waals surface area contributed by atoms with Gasteiger partial charge in [-0.05, 0) is 29.7 Å². The number of carbonyl (C=O) groups excluding carboxylic acids is 1. The maximum atomic E-state index is 11.6. The molecule has 2 aliphatic rings. The van der Waals surface area contributed by atoms with E-state index in [9.17, 15) is 4.79 Å². The van der Waals surface area contributed by atoms with Gasteiger partial charge >= 0.3 is 0 Å². The van der Waals surface area contributed by atoms with Crippen LogP contribution in [-0.2, 0) is 11.2 Å². The fourth-order valence-electron chi connectivity index (χ4n) is 3.13. The molecule has 1 amide bonds. The van der Waals surface area contributed by atoms with Crippen LogP contribution in [0.2, 0.25) is 0 Å². The van der Waals surface area contributed by atoms with E-state index in [0.29, 0.717) is 13.0 Å². The first-order valence-corrected chi connectivity index (χ1v) is 6.98. The van der Waals surface area contributed by atoms with E-state index < -0.39 is 0 Å². The molecule has 0 aromatic heterocycles. The zero-order chi connectivity index (χ0) is 14.1. The summed E-state index contributed by atoms with van der Waals surface area (Å²) < 4.78 is 10.8. The number of hydrogen-bond donors (Lipinski definition) is 1. The van der Waals surface area contributed by atoms with Gasteiger partial charge in [-0.25, -0.2) is 0 Å². The van der Waals surface area contributed by atoms with Crippen molar-refractivity contribution in [2.45, 2.75) is 18.9 Å². The Bertz CT molecular complexity index is 530. The smallest absolute Gasteiger partial charge is 0.221 e. The summed E-state index contributed by atoms with van der Waals surface area (Å²) in [7, 11) is 3.31. The molecule has 5 heteroatoms. The number of nitrogens with zero attached hydrogens (tertiary/aromatic N) is 1.